The summed E-state index contributed by atoms with van der Waals surface area (Å²) in [6.45, 7) is 4.30. The van der Waals surface area contributed by atoms with Crippen LogP contribution in [0.4, 0.5) is 0 Å². The molecule has 1 aromatic rings. The Bertz CT molecular complexity index is 560. The van der Waals surface area contributed by atoms with Gasteiger partial charge in [0.1, 0.15) is 0 Å². The van der Waals surface area contributed by atoms with E-state index in [2.05, 4.69) is 11.6 Å². The van der Waals surface area contributed by atoms with Gasteiger partial charge in [-0.25, -0.2) is 13.1 Å². The highest BCUT2D eigenvalue weighted by Crippen LogP contribution is 2.30. The van der Waals surface area contributed by atoms with Crippen molar-refractivity contribution in [3.8, 4) is 0 Å². The molecule has 1 saturated carbocycles. The van der Waals surface area contributed by atoms with Crippen molar-refractivity contribution in [1.82, 2.24) is 4.72 Å². The van der Waals surface area contributed by atoms with Crippen LogP contribution in [-0.4, -0.2) is 14.5 Å². The summed E-state index contributed by atoms with van der Waals surface area (Å²) in [7, 11) is -3.44. The zero-order valence-electron chi connectivity index (χ0n) is 12.9. The first-order chi connectivity index (χ1) is 9.97. The number of thiophene rings is 1. The number of nitrogens with one attached hydrogen (secondary N) is 1. The molecule has 21 heavy (non-hydrogen) atoms. The molecule has 4 nitrogen and oxygen atoms in total. The molecule has 1 fully saturated rings. The van der Waals surface area contributed by atoms with Crippen LogP contribution in [-0.2, 0) is 16.6 Å². The lowest BCUT2D eigenvalue weighted by molar-refractivity contribution is 0.285. The Balaban J connectivity index is 2.16. The van der Waals surface area contributed by atoms with Gasteiger partial charge in [0, 0.05) is 22.3 Å². The zero-order chi connectivity index (χ0) is 15.5. The maximum atomic E-state index is 12.6. The summed E-state index contributed by atoms with van der Waals surface area (Å²) < 4.78 is 28.2. The second-order valence-electron chi connectivity index (χ2n) is 5.87. The summed E-state index contributed by atoms with van der Waals surface area (Å²) in [5, 5.41) is 0. The number of hydrogen-bond acceptors (Lipinski definition) is 4. The van der Waals surface area contributed by atoms with Crippen molar-refractivity contribution in [2.24, 2.45) is 11.7 Å². The number of nitrogens with two attached hydrogens (primary N) is 1. The van der Waals surface area contributed by atoms with Crippen LogP contribution in [0.1, 0.15) is 55.2 Å². The lowest BCUT2D eigenvalue weighted by Gasteiger charge is -2.30. The Kier molecular flexibility index (Phi) is 5.82. The van der Waals surface area contributed by atoms with E-state index in [1.54, 1.807) is 6.07 Å². The summed E-state index contributed by atoms with van der Waals surface area (Å²) in [5.41, 5.74) is 5.61. The molecule has 0 spiro atoms. The van der Waals surface area contributed by atoms with E-state index in [1.165, 1.54) is 30.6 Å². The van der Waals surface area contributed by atoms with Gasteiger partial charge >= 0.3 is 0 Å². The van der Waals surface area contributed by atoms with E-state index in [0.717, 1.165) is 29.0 Å². The van der Waals surface area contributed by atoms with Gasteiger partial charge in [-0.15, -0.1) is 11.3 Å². The monoisotopic (exact) mass is 330 g/mol. The highest BCUT2D eigenvalue weighted by atomic mass is 32.2. The number of sulfonamides is 1. The van der Waals surface area contributed by atoms with Crippen molar-refractivity contribution in [2.75, 3.05) is 0 Å². The van der Waals surface area contributed by atoms with E-state index in [-0.39, 0.29) is 6.04 Å². The van der Waals surface area contributed by atoms with Gasteiger partial charge in [0.15, 0.2) is 0 Å². The Morgan fingerprint density at radius 3 is 2.57 bits per heavy atom. The van der Waals surface area contributed by atoms with Gasteiger partial charge in [-0.05, 0) is 38.2 Å². The lowest BCUT2D eigenvalue weighted by Crippen LogP contribution is -2.40. The van der Waals surface area contributed by atoms with Crippen LogP contribution in [0.25, 0.3) is 0 Å². The van der Waals surface area contributed by atoms with E-state index in [4.69, 9.17) is 5.73 Å². The molecule has 2 rings (SSSR count). The molecule has 1 aliphatic carbocycles. The fourth-order valence-corrected chi connectivity index (χ4v) is 6.11. The summed E-state index contributed by atoms with van der Waals surface area (Å²) in [6, 6.07) is 1.77. The van der Waals surface area contributed by atoms with E-state index in [1.807, 2.05) is 6.92 Å². The van der Waals surface area contributed by atoms with Crippen LogP contribution in [0, 0.1) is 12.8 Å². The molecule has 0 aromatic carbocycles. The van der Waals surface area contributed by atoms with Gasteiger partial charge in [-0.3, -0.25) is 0 Å². The van der Waals surface area contributed by atoms with E-state index in [0.29, 0.717) is 17.4 Å². The molecule has 1 atom stereocenters. The van der Waals surface area contributed by atoms with Crippen LogP contribution >= 0.6 is 11.3 Å². The average molecular weight is 331 g/mol. The SMILES string of the molecule is CCC(NS(=O)(=O)c1cc(CN)sc1C)C1CCCCC1. The first kappa shape index (κ1) is 16.9. The predicted molar refractivity (Wildman–Crippen MR) is 87.9 cm³/mol. The van der Waals surface area contributed by atoms with Crippen molar-refractivity contribution in [3.63, 3.8) is 0 Å². The summed E-state index contributed by atoms with van der Waals surface area (Å²) >= 11 is 1.47. The molecular formula is C15H26N2O2S2. The maximum absolute atomic E-state index is 12.6. The largest absolute Gasteiger partial charge is 0.326 e. The molecule has 1 aromatic heterocycles. The fourth-order valence-electron chi connectivity index (χ4n) is 3.20. The minimum atomic E-state index is -3.44. The first-order valence-corrected chi connectivity index (χ1v) is 10.1. The Labute approximate surface area is 132 Å². The van der Waals surface area contributed by atoms with Gasteiger partial charge in [-0.2, -0.15) is 0 Å². The van der Waals surface area contributed by atoms with Crippen molar-refractivity contribution in [1.29, 1.82) is 0 Å². The minimum absolute atomic E-state index is 0.0518. The second kappa shape index (κ2) is 7.22. The van der Waals surface area contributed by atoms with Gasteiger partial charge in [-0.1, -0.05) is 26.2 Å². The molecule has 1 heterocycles. The van der Waals surface area contributed by atoms with Crippen LogP contribution in [0.3, 0.4) is 0 Å². The van der Waals surface area contributed by atoms with Gasteiger partial charge < -0.3 is 5.73 Å². The van der Waals surface area contributed by atoms with E-state index in [9.17, 15) is 8.42 Å². The first-order valence-electron chi connectivity index (χ1n) is 7.79. The fraction of sp³-hybridized carbons (Fsp3) is 0.733. The molecule has 6 heteroatoms. The molecule has 120 valence electrons. The second-order valence-corrected chi connectivity index (χ2v) is 8.89. The van der Waals surface area contributed by atoms with Crippen molar-refractivity contribution in [2.45, 2.75) is 69.9 Å². The highest BCUT2D eigenvalue weighted by molar-refractivity contribution is 7.89. The third-order valence-electron chi connectivity index (χ3n) is 4.38. The molecule has 0 bridgehead atoms. The zero-order valence-corrected chi connectivity index (χ0v) is 14.5. The van der Waals surface area contributed by atoms with Gasteiger partial charge in [0.2, 0.25) is 10.0 Å². The topological polar surface area (TPSA) is 72.2 Å². The summed E-state index contributed by atoms with van der Waals surface area (Å²) in [6.07, 6.45) is 6.84. The Morgan fingerprint density at radius 1 is 1.38 bits per heavy atom. The smallest absolute Gasteiger partial charge is 0.241 e. The van der Waals surface area contributed by atoms with Crippen LogP contribution < -0.4 is 10.5 Å². The van der Waals surface area contributed by atoms with Gasteiger partial charge in [0.05, 0.1) is 4.90 Å². The normalized spacial score (nSPS) is 18.8. The number of hydrogen-bond donors (Lipinski definition) is 2. The summed E-state index contributed by atoms with van der Waals surface area (Å²) in [4.78, 5) is 2.14. The molecular weight excluding hydrogens is 304 g/mol. The molecule has 0 radical (unpaired) electrons. The Hall–Kier alpha value is -0.430. The molecule has 3 N–H and O–H groups in total. The van der Waals surface area contributed by atoms with Crippen LogP contribution in [0.5, 0.6) is 0 Å². The number of rotatable bonds is 6. The summed E-state index contributed by atoms with van der Waals surface area (Å²) in [5.74, 6) is 0.478. The lowest BCUT2D eigenvalue weighted by atomic mass is 9.83. The quantitative estimate of drug-likeness (QED) is 0.841. The average Bonchev–Trinajstić information content (AvgIpc) is 2.88. The van der Waals surface area contributed by atoms with E-state index < -0.39 is 10.0 Å². The molecule has 0 saturated heterocycles. The molecule has 0 aliphatic heterocycles. The molecule has 1 unspecified atom stereocenters. The Morgan fingerprint density at radius 2 is 2.05 bits per heavy atom. The minimum Gasteiger partial charge on any atom is -0.326 e. The predicted octanol–water partition coefficient (Wildman–Crippen LogP) is 3.15. The number of aryl methyl sites for hydroxylation is 1. The third-order valence-corrected chi connectivity index (χ3v) is 7.20. The van der Waals surface area contributed by atoms with Crippen LogP contribution in [0.2, 0.25) is 0 Å². The van der Waals surface area contributed by atoms with Crippen molar-refractivity contribution < 1.29 is 8.42 Å². The van der Waals surface area contributed by atoms with Crippen molar-refractivity contribution >= 4 is 21.4 Å². The standard InChI is InChI=1S/C15H26N2O2S2/c1-3-14(12-7-5-4-6-8-12)17-21(18,19)15-9-13(10-16)20-11(15)2/h9,12,14,17H,3-8,10,16H2,1-2H3. The van der Waals surface area contributed by atoms with Crippen molar-refractivity contribution in [3.05, 3.63) is 15.8 Å². The highest BCUT2D eigenvalue weighted by Gasteiger charge is 2.28. The van der Waals surface area contributed by atoms with Crippen LogP contribution in [0.15, 0.2) is 11.0 Å². The third kappa shape index (κ3) is 4.06. The van der Waals surface area contributed by atoms with E-state index >= 15 is 0 Å². The van der Waals surface area contributed by atoms with Gasteiger partial charge in [0.25, 0.3) is 0 Å². The molecule has 1 aliphatic rings. The molecule has 0 amide bonds. The maximum Gasteiger partial charge on any atom is 0.241 e.